The smallest absolute Gasteiger partial charge is 0.229 e. The summed E-state index contributed by atoms with van der Waals surface area (Å²) >= 11 is 12.1. The van der Waals surface area contributed by atoms with Crippen molar-refractivity contribution in [2.45, 2.75) is 25.7 Å². The number of anilines is 2. The van der Waals surface area contributed by atoms with Gasteiger partial charge in [0.2, 0.25) is 5.91 Å². The molecular weight excluding hydrogens is 362 g/mol. The first-order valence-electron chi connectivity index (χ1n) is 8.32. The molecule has 3 rings (SSSR count). The van der Waals surface area contributed by atoms with Crippen molar-refractivity contribution in [3.63, 3.8) is 0 Å². The number of benzene rings is 2. The molecule has 1 N–H and O–H groups in total. The Morgan fingerprint density at radius 1 is 1.12 bits per heavy atom. The summed E-state index contributed by atoms with van der Waals surface area (Å²) in [6.07, 6.45) is 3.34. The number of rotatable bonds is 4. The lowest BCUT2D eigenvalue weighted by molar-refractivity contribution is -0.115. The predicted molar refractivity (Wildman–Crippen MR) is 101 cm³/mol. The third-order valence-corrected chi connectivity index (χ3v) is 4.92. The molecule has 1 fully saturated rings. The van der Waals surface area contributed by atoms with Gasteiger partial charge >= 0.3 is 0 Å². The molecule has 0 bridgehead atoms. The van der Waals surface area contributed by atoms with E-state index < -0.39 is 5.82 Å². The summed E-state index contributed by atoms with van der Waals surface area (Å²) in [4.78, 5) is 14.7. The normalized spacial score (nSPS) is 14.4. The Hall–Kier alpha value is -1.78. The van der Waals surface area contributed by atoms with E-state index in [-0.39, 0.29) is 22.9 Å². The van der Waals surface area contributed by atoms with Gasteiger partial charge in [0.05, 0.1) is 17.8 Å². The Balaban J connectivity index is 1.79. The lowest BCUT2D eigenvalue weighted by Crippen LogP contribution is -2.30. The molecule has 1 aliphatic rings. The highest BCUT2D eigenvalue weighted by molar-refractivity contribution is 6.32. The van der Waals surface area contributed by atoms with E-state index in [9.17, 15) is 9.18 Å². The molecule has 1 aliphatic heterocycles. The molecule has 2 aromatic rings. The monoisotopic (exact) mass is 380 g/mol. The van der Waals surface area contributed by atoms with E-state index in [1.807, 2.05) is 12.1 Å². The average molecular weight is 381 g/mol. The van der Waals surface area contributed by atoms with Gasteiger partial charge in [-0.05, 0) is 49.6 Å². The lowest BCUT2D eigenvalue weighted by atomic mass is 10.1. The highest BCUT2D eigenvalue weighted by Gasteiger charge is 2.18. The van der Waals surface area contributed by atoms with Gasteiger partial charge in [-0.2, -0.15) is 0 Å². The van der Waals surface area contributed by atoms with Gasteiger partial charge < -0.3 is 10.2 Å². The van der Waals surface area contributed by atoms with Gasteiger partial charge in [0.25, 0.3) is 0 Å². The number of halogens is 3. The van der Waals surface area contributed by atoms with Crippen molar-refractivity contribution in [1.29, 1.82) is 0 Å². The minimum Gasteiger partial charge on any atom is -0.370 e. The molecule has 1 heterocycles. The fourth-order valence-electron chi connectivity index (χ4n) is 3.08. The third-order valence-electron chi connectivity index (χ3n) is 4.33. The molecule has 25 heavy (non-hydrogen) atoms. The van der Waals surface area contributed by atoms with Crippen molar-refractivity contribution >= 4 is 40.5 Å². The van der Waals surface area contributed by atoms with Gasteiger partial charge in [0, 0.05) is 28.7 Å². The van der Waals surface area contributed by atoms with Crippen molar-refractivity contribution < 1.29 is 9.18 Å². The quantitative estimate of drug-likeness (QED) is 0.779. The van der Waals surface area contributed by atoms with Crippen LogP contribution in [-0.4, -0.2) is 19.0 Å². The van der Waals surface area contributed by atoms with Crippen LogP contribution in [0.2, 0.25) is 10.0 Å². The first kappa shape index (κ1) is 18.0. The van der Waals surface area contributed by atoms with Gasteiger partial charge in [0.15, 0.2) is 0 Å². The molecule has 0 aromatic heterocycles. The summed E-state index contributed by atoms with van der Waals surface area (Å²) < 4.78 is 13.9. The summed E-state index contributed by atoms with van der Waals surface area (Å²) in [7, 11) is 0. The van der Waals surface area contributed by atoms with E-state index in [1.165, 1.54) is 18.6 Å². The summed E-state index contributed by atoms with van der Waals surface area (Å²) in [5.74, 6) is -0.808. The third kappa shape index (κ3) is 4.44. The zero-order valence-corrected chi connectivity index (χ0v) is 15.2. The molecule has 6 heteroatoms. The molecule has 132 valence electrons. The molecule has 0 spiro atoms. The van der Waals surface area contributed by atoms with Crippen molar-refractivity contribution in [2.24, 2.45) is 0 Å². The molecule has 0 radical (unpaired) electrons. The standard InChI is InChI=1S/C19H19Cl2FN2O/c20-13-7-8-18(24-9-2-1-3-10-24)17(11-13)23-19(25)12-14-15(21)5-4-6-16(14)22/h4-8,11H,1-3,9-10,12H2,(H,23,25). The second kappa shape index (κ2) is 8.07. The maximum absolute atomic E-state index is 13.9. The van der Waals surface area contributed by atoms with E-state index in [0.29, 0.717) is 10.7 Å². The minimum absolute atomic E-state index is 0.128. The lowest BCUT2D eigenvalue weighted by Gasteiger charge is -2.30. The second-order valence-corrected chi connectivity index (χ2v) is 6.98. The van der Waals surface area contributed by atoms with Crippen LogP contribution in [-0.2, 0) is 11.2 Å². The average Bonchev–Trinajstić information content (AvgIpc) is 2.59. The van der Waals surface area contributed by atoms with Crippen LogP contribution in [0.5, 0.6) is 0 Å². The van der Waals surface area contributed by atoms with Crippen LogP contribution in [0.1, 0.15) is 24.8 Å². The predicted octanol–water partition coefficient (Wildman–Crippen LogP) is 5.30. The summed E-state index contributed by atoms with van der Waals surface area (Å²) in [6, 6.07) is 9.85. The number of hydrogen-bond donors (Lipinski definition) is 1. The van der Waals surface area contributed by atoms with Crippen LogP contribution in [0.3, 0.4) is 0 Å². The molecule has 0 aliphatic carbocycles. The number of nitrogens with one attached hydrogen (secondary N) is 1. The fourth-order valence-corrected chi connectivity index (χ4v) is 3.48. The first-order valence-corrected chi connectivity index (χ1v) is 9.07. The van der Waals surface area contributed by atoms with Crippen molar-refractivity contribution in [3.05, 3.63) is 57.8 Å². The number of amides is 1. The molecule has 0 saturated carbocycles. The maximum atomic E-state index is 13.9. The van der Waals surface area contributed by atoms with Gasteiger partial charge in [-0.1, -0.05) is 29.3 Å². The Kier molecular flexibility index (Phi) is 5.82. The number of carbonyl (C=O) groups is 1. The van der Waals surface area contributed by atoms with E-state index in [1.54, 1.807) is 12.1 Å². The topological polar surface area (TPSA) is 32.3 Å². The number of piperidine rings is 1. The second-order valence-electron chi connectivity index (χ2n) is 6.13. The van der Waals surface area contributed by atoms with Crippen LogP contribution in [0.25, 0.3) is 0 Å². The maximum Gasteiger partial charge on any atom is 0.229 e. The summed E-state index contributed by atoms with van der Waals surface area (Å²) in [6.45, 7) is 1.90. The SMILES string of the molecule is O=C(Cc1c(F)cccc1Cl)Nc1cc(Cl)ccc1N1CCCCC1. The zero-order chi connectivity index (χ0) is 17.8. The number of nitrogens with zero attached hydrogens (tertiary/aromatic N) is 1. The molecule has 0 atom stereocenters. The van der Waals surface area contributed by atoms with Crippen molar-refractivity contribution in [2.75, 3.05) is 23.3 Å². The van der Waals surface area contributed by atoms with Gasteiger partial charge in [-0.25, -0.2) is 4.39 Å². The van der Waals surface area contributed by atoms with Crippen LogP contribution in [0, 0.1) is 5.82 Å². The van der Waals surface area contributed by atoms with Crippen LogP contribution >= 0.6 is 23.2 Å². The molecule has 3 nitrogen and oxygen atoms in total. The molecule has 0 unspecified atom stereocenters. The molecule has 2 aromatic carbocycles. The molecular formula is C19H19Cl2FN2O. The zero-order valence-electron chi connectivity index (χ0n) is 13.7. The fraction of sp³-hybridized carbons (Fsp3) is 0.316. The minimum atomic E-state index is -0.481. The van der Waals surface area contributed by atoms with Gasteiger partial charge in [0.1, 0.15) is 5.82 Å². The van der Waals surface area contributed by atoms with E-state index in [2.05, 4.69) is 10.2 Å². The first-order chi connectivity index (χ1) is 12.0. The van der Waals surface area contributed by atoms with E-state index in [0.717, 1.165) is 31.6 Å². The van der Waals surface area contributed by atoms with Crippen LogP contribution in [0.4, 0.5) is 15.8 Å². The molecule has 1 amide bonds. The van der Waals surface area contributed by atoms with Crippen LogP contribution < -0.4 is 10.2 Å². The Labute approximate surface area is 156 Å². The molecule has 1 saturated heterocycles. The van der Waals surface area contributed by atoms with E-state index in [4.69, 9.17) is 23.2 Å². The Morgan fingerprint density at radius 3 is 2.60 bits per heavy atom. The summed E-state index contributed by atoms with van der Waals surface area (Å²) in [5, 5.41) is 3.65. The van der Waals surface area contributed by atoms with Crippen LogP contribution in [0.15, 0.2) is 36.4 Å². The van der Waals surface area contributed by atoms with Gasteiger partial charge in [-0.15, -0.1) is 0 Å². The van der Waals surface area contributed by atoms with Crippen molar-refractivity contribution in [1.82, 2.24) is 0 Å². The number of hydrogen-bond acceptors (Lipinski definition) is 2. The largest absolute Gasteiger partial charge is 0.370 e. The summed E-state index contributed by atoms with van der Waals surface area (Å²) in [5.41, 5.74) is 1.78. The van der Waals surface area contributed by atoms with E-state index >= 15 is 0 Å². The Bertz CT molecular complexity index is 756. The Morgan fingerprint density at radius 2 is 1.88 bits per heavy atom. The highest BCUT2D eigenvalue weighted by Crippen LogP contribution is 2.31. The number of carbonyl (C=O) groups excluding carboxylic acids is 1. The highest BCUT2D eigenvalue weighted by atomic mass is 35.5. The van der Waals surface area contributed by atoms with Crippen molar-refractivity contribution in [3.8, 4) is 0 Å². The van der Waals surface area contributed by atoms with Gasteiger partial charge in [-0.3, -0.25) is 4.79 Å².